The molecule has 0 aromatic heterocycles. The number of halogens is 2. The van der Waals surface area contributed by atoms with E-state index in [-0.39, 0.29) is 17.0 Å². The van der Waals surface area contributed by atoms with E-state index >= 15 is 0 Å². The minimum absolute atomic E-state index is 0.0886. The first kappa shape index (κ1) is 19.6. The lowest BCUT2D eigenvalue weighted by Gasteiger charge is -2.52. The molecule has 1 saturated heterocycles. The molecule has 0 radical (unpaired) electrons. The van der Waals surface area contributed by atoms with Crippen molar-refractivity contribution >= 4 is 29.1 Å². The molecule has 24 heavy (non-hydrogen) atoms. The molecule has 1 amide bonds. The SMILES string of the molecule is CN(C(=O)Cc1ccc(Cl)c(Cl)c1)C(C)(C)C(C)(C)N1CCCC1. The topological polar surface area (TPSA) is 23.6 Å². The number of rotatable bonds is 5. The van der Waals surface area contributed by atoms with Crippen molar-refractivity contribution in [3.63, 3.8) is 0 Å². The first-order chi connectivity index (χ1) is 11.1. The highest BCUT2D eigenvalue weighted by atomic mass is 35.5. The molecule has 1 fully saturated rings. The molecular weight excluding hydrogens is 343 g/mol. The van der Waals surface area contributed by atoms with Gasteiger partial charge in [0.05, 0.1) is 22.0 Å². The van der Waals surface area contributed by atoms with E-state index in [0.29, 0.717) is 16.5 Å². The molecule has 1 heterocycles. The maximum Gasteiger partial charge on any atom is 0.227 e. The monoisotopic (exact) mass is 370 g/mol. The van der Waals surface area contributed by atoms with Crippen molar-refractivity contribution in [1.29, 1.82) is 0 Å². The first-order valence-electron chi connectivity index (χ1n) is 8.53. The minimum atomic E-state index is -0.287. The maximum absolute atomic E-state index is 12.8. The van der Waals surface area contributed by atoms with Crippen molar-refractivity contribution in [3.8, 4) is 0 Å². The Balaban J connectivity index is 2.14. The zero-order valence-corrected chi connectivity index (χ0v) is 16.8. The summed E-state index contributed by atoms with van der Waals surface area (Å²) in [4.78, 5) is 17.2. The molecule has 1 aliphatic rings. The number of benzene rings is 1. The van der Waals surface area contributed by atoms with Gasteiger partial charge in [-0.15, -0.1) is 0 Å². The van der Waals surface area contributed by atoms with Gasteiger partial charge in [-0.3, -0.25) is 9.69 Å². The normalized spacial score (nSPS) is 16.5. The van der Waals surface area contributed by atoms with Crippen molar-refractivity contribution in [3.05, 3.63) is 33.8 Å². The Bertz CT molecular complexity index is 607. The summed E-state index contributed by atoms with van der Waals surface area (Å²) in [6.07, 6.45) is 2.80. The van der Waals surface area contributed by atoms with Gasteiger partial charge in [0.1, 0.15) is 0 Å². The Morgan fingerprint density at radius 2 is 1.71 bits per heavy atom. The maximum atomic E-state index is 12.8. The number of nitrogens with zero attached hydrogens (tertiary/aromatic N) is 2. The third-order valence-corrected chi connectivity index (χ3v) is 6.68. The smallest absolute Gasteiger partial charge is 0.227 e. The van der Waals surface area contributed by atoms with Crippen LogP contribution in [0, 0.1) is 0 Å². The fraction of sp³-hybridized carbons (Fsp3) is 0.632. The summed E-state index contributed by atoms with van der Waals surface area (Å²) in [7, 11) is 1.90. The highest BCUT2D eigenvalue weighted by molar-refractivity contribution is 6.42. The molecule has 0 bridgehead atoms. The Labute approximate surface area is 155 Å². The number of likely N-dealkylation sites (tertiary alicyclic amines) is 1. The Kier molecular flexibility index (Phi) is 5.89. The summed E-state index contributed by atoms with van der Waals surface area (Å²) in [6, 6.07) is 5.37. The van der Waals surface area contributed by atoms with Crippen LogP contribution in [0.4, 0.5) is 0 Å². The van der Waals surface area contributed by atoms with E-state index in [1.165, 1.54) is 12.8 Å². The number of amides is 1. The molecule has 3 nitrogen and oxygen atoms in total. The average Bonchev–Trinajstić information content (AvgIpc) is 3.05. The van der Waals surface area contributed by atoms with Crippen LogP contribution in [0.15, 0.2) is 18.2 Å². The van der Waals surface area contributed by atoms with Crippen LogP contribution in [0.3, 0.4) is 0 Å². The van der Waals surface area contributed by atoms with Crippen molar-refractivity contribution in [2.45, 2.75) is 58.0 Å². The Morgan fingerprint density at radius 3 is 2.25 bits per heavy atom. The largest absolute Gasteiger partial charge is 0.339 e. The molecule has 1 aliphatic heterocycles. The quantitative estimate of drug-likeness (QED) is 0.752. The molecule has 0 spiro atoms. The van der Waals surface area contributed by atoms with Gasteiger partial charge in [0, 0.05) is 12.6 Å². The van der Waals surface area contributed by atoms with E-state index < -0.39 is 0 Å². The summed E-state index contributed by atoms with van der Waals surface area (Å²) in [5, 5.41) is 0.998. The molecule has 0 aliphatic carbocycles. The standard InChI is InChI=1S/C19H28Cl2N2O/c1-18(2,19(3,4)23-10-6-7-11-23)22(5)17(24)13-14-8-9-15(20)16(21)12-14/h8-9,12H,6-7,10-11,13H2,1-5H3. The van der Waals surface area contributed by atoms with Gasteiger partial charge in [-0.1, -0.05) is 29.3 Å². The van der Waals surface area contributed by atoms with E-state index in [0.717, 1.165) is 18.7 Å². The van der Waals surface area contributed by atoms with E-state index in [1.807, 2.05) is 18.0 Å². The van der Waals surface area contributed by atoms with Crippen molar-refractivity contribution in [2.24, 2.45) is 0 Å². The zero-order chi connectivity index (χ0) is 18.1. The van der Waals surface area contributed by atoms with Crippen molar-refractivity contribution in [1.82, 2.24) is 9.80 Å². The Morgan fingerprint density at radius 1 is 1.12 bits per heavy atom. The number of carbonyl (C=O) groups is 1. The Hall–Kier alpha value is -0.770. The van der Waals surface area contributed by atoms with E-state index in [2.05, 4.69) is 32.6 Å². The van der Waals surface area contributed by atoms with Crippen molar-refractivity contribution in [2.75, 3.05) is 20.1 Å². The van der Waals surface area contributed by atoms with Crippen LogP contribution in [-0.2, 0) is 11.2 Å². The van der Waals surface area contributed by atoms with Gasteiger partial charge in [0.15, 0.2) is 0 Å². The minimum Gasteiger partial charge on any atom is -0.339 e. The summed E-state index contributed by atoms with van der Waals surface area (Å²) in [6.45, 7) is 11.0. The second-order valence-corrected chi connectivity index (χ2v) is 8.50. The van der Waals surface area contributed by atoms with Crippen LogP contribution in [0.25, 0.3) is 0 Å². The number of carbonyl (C=O) groups excluding carboxylic acids is 1. The van der Waals surface area contributed by atoms with E-state index in [1.54, 1.807) is 12.1 Å². The van der Waals surface area contributed by atoms with Gasteiger partial charge >= 0.3 is 0 Å². The van der Waals surface area contributed by atoms with Crippen LogP contribution in [0.1, 0.15) is 46.1 Å². The van der Waals surface area contributed by atoms with Crippen LogP contribution in [0.5, 0.6) is 0 Å². The molecule has 1 aromatic rings. The lowest BCUT2D eigenvalue weighted by atomic mass is 9.79. The first-order valence-corrected chi connectivity index (χ1v) is 9.28. The lowest BCUT2D eigenvalue weighted by Crippen LogP contribution is -2.65. The molecule has 5 heteroatoms. The second kappa shape index (κ2) is 7.23. The van der Waals surface area contributed by atoms with Gasteiger partial charge in [-0.05, 0) is 71.3 Å². The van der Waals surface area contributed by atoms with Crippen LogP contribution < -0.4 is 0 Å². The predicted molar refractivity (Wildman–Crippen MR) is 102 cm³/mol. The molecule has 0 saturated carbocycles. The van der Waals surface area contributed by atoms with Crippen LogP contribution >= 0.6 is 23.2 Å². The summed E-state index contributed by atoms with van der Waals surface area (Å²) in [5.41, 5.74) is 0.506. The van der Waals surface area contributed by atoms with E-state index in [9.17, 15) is 4.79 Å². The average molecular weight is 371 g/mol. The van der Waals surface area contributed by atoms with Gasteiger partial charge in [0.2, 0.25) is 5.91 Å². The molecule has 2 rings (SSSR count). The highest BCUT2D eigenvalue weighted by Crippen LogP contribution is 2.35. The number of hydrogen-bond acceptors (Lipinski definition) is 2. The van der Waals surface area contributed by atoms with Crippen LogP contribution in [0.2, 0.25) is 10.0 Å². The summed E-state index contributed by atoms with van der Waals surface area (Å²) >= 11 is 12.0. The molecule has 0 unspecified atom stereocenters. The summed E-state index contributed by atoms with van der Waals surface area (Å²) < 4.78 is 0. The van der Waals surface area contributed by atoms with Gasteiger partial charge in [-0.25, -0.2) is 0 Å². The molecule has 1 aromatic carbocycles. The molecule has 134 valence electrons. The van der Waals surface area contributed by atoms with Crippen LogP contribution in [-0.4, -0.2) is 46.9 Å². The van der Waals surface area contributed by atoms with Gasteiger partial charge in [0.25, 0.3) is 0 Å². The third kappa shape index (κ3) is 3.74. The predicted octanol–water partition coefficient (Wildman–Crippen LogP) is 4.65. The van der Waals surface area contributed by atoms with Crippen molar-refractivity contribution < 1.29 is 4.79 Å². The molecule has 0 N–H and O–H groups in total. The second-order valence-electron chi connectivity index (χ2n) is 7.69. The molecular formula is C19H28Cl2N2O. The lowest BCUT2D eigenvalue weighted by molar-refractivity contribution is -0.139. The number of hydrogen-bond donors (Lipinski definition) is 0. The zero-order valence-electron chi connectivity index (χ0n) is 15.3. The fourth-order valence-electron chi connectivity index (χ4n) is 3.33. The highest BCUT2D eigenvalue weighted by Gasteiger charge is 2.46. The van der Waals surface area contributed by atoms with Gasteiger partial charge in [-0.2, -0.15) is 0 Å². The third-order valence-electron chi connectivity index (χ3n) is 5.95. The summed E-state index contributed by atoms with van der Waals surface area (Å²) in [5.74, 6) is 0.0886. The van der Waals surface area contributed by atoms with E-state index in [4.69, 9.17) is 23.2 Å². The molecule has 0 atom stereocenters. The van der Waals surface area contributed by atoms with Gasteiger partial charge < -0.3 is 4.90 Å². The fourth-order valence-corrected chi connectivity index (χ4v) is 3.65. The number of likely N-dealkylation sites (N-methyl/N-ethyl adjacent to an activating group) is 1.